The highest BCUT2D eigenvalue weighted by atomic mass is 19.1. The normalized spacial score (nSPS) is 11.1. The van der Waals surface area contributed by atoms with Gasteiger partial charge in [-0.1, -0.05) is 5.16 Å². The lowest BCUT2D eigenvalue weighted by atomic mass is 10.1. The number of benzene rings is 1. The molecule has 6 heteroatoms. The van der Waals surface area contributed by atoms with Crippen molar-refractivity contribution in [1.82, 2.24) is 10.1 Å². The number of fused-ring (bicyclic) bond motifs is 1. The van der Waals surface area contributed by atoms with Crippen LogP contribution in [0, 0.1) is 12.7 Å². The summed E-state index contributed by atoms with van der Waals surface area (Å²) in [4.78, 5) is 13.8. The molecule has 0 radical (unpaired) electrons. The lowest BCUT2D eigenvalue weighted by Gasteiger charge is -1.98. The average Bonchev–Trinajstić information content (AvgIpc) is 2.92. The third-order valence-electron chi connectivity index (χ3n) is 2.84. The molecule has 0 bridgehead atoms. The molecule has 2 N–H and O–H groups in total. The Labute approximate surface area is 106 Å². The van der Waals surface area contributed by atoms with Crippen molar-refractivity contribution in [3.8, 4) is 11.3 Å². The van der Waals surface area contributed by atoms with Crippen LogP contribution in [0.5, 0.6) is 0 Å². The highest BCUT2D eigenvalue weighted by Gasteiger charge is 2.16. The Bertz CT molecular complexity index is 788. The summed E-state index contributed by atoms with van der Waals surface area (Å²) >= 11 is 0. The van der Waals surface area contributed by atoms with Gasteiger partial charge in [-0.3, -0.25) is 0 Å². The smallest absolute Gasteiger partial charge is 0.358 e. The van der Waals surface area contributed by atoms with E-state index in [1.165, 1.54) is 12.1 Å². The zero-order chi connectivity index (χ0) is 13.6. The molecule has 0 unspecified atom stereocenters. The maximum atomic E-state index is 14.0. The molecule has 0 fully saturated rings. The van der Waals surface area contributed by atoms with Gasteiger partial charge in [0.1, 0.15) is 5.82 Å². The largest absolute Gasteiger partial charge is 0.476 e. The third kappa shape index (κ3) is 1.87. The molecule has 3 aromatic rings. The summed E-state index contributed by atoms with van der Waals surface area (Å²) in [7, 11) is 0. The minimum atomic E-state index is -1.22. The van der Waals surface area contributed by atoms with E-state index in [-0.39, 0.29) is 17.0 Å². The van der Waals surface area contributed by atoms with E-state index in [9.17, 15) is 9.18 Å². The van der Waals surface area contributed by atoms with Gasteiger partial charge in [0, 0.05) is 22.7 Å². The van der Waals surface area contributed by atoms with Gasteiger partial charge in [0.15, 0.2) is 11.5 Å². The van der Waals surface area contributed by atoms with Gasteiger partial charge in [0.2, 0.25) is 0 Å². The van der Waals surface area contributed by atoms with Crippen molar-refractivity contribution in [3.05, 3.63) is 41.5 Å². The van der Waals surface area contributed by atoms with Gasteiger partial charge in [0.25, 0.3) is 0 Å². The third-order valence-corrected chi connectivity index (χ3v) is 2.84. The molecule has 0 aliphatic carbocycles. The number of aryl methyl sites for hydroxylation is 1. The van der Waals surface area contributed by atoms with Crippen molar-refractivity contribution in [1.29, 1.82) is 0 Å². The van der Waals surface area contributed by atoms with E-state index in [1.807, 2.05) is 13.0 Å². The number of H-pyrrole nitrogens is 1. The van der Waals surface area contributed by atoms with E-state index in [4.69, 9.17) is 9.63 Å². The van der Waals surface area contributed by atoms with Gasteiger partial charge in [0.05, 0.1) is 5.56 Å². The number of aromatic carboxylic acids is 1. The number of nitrogens with zero attached hydrogens (tertiary/aromatic N) is 1. The SMILES string of the molecule is Cc1cc2cc(F)c(-c3cc(C(=O)O)no3)cc2[nH]1. The molecule has 0 spiro atoms. The number of hydrogen-bond donors (Lipinski definition) is 2. The maximum Gasteiger partial charge on any atom is 0.358 e. The second kappa shape index (κ2) is 3.94. The van der Waals surface area contributed by atoms with E-state index in [1.54, 1.807) is 6.07 Å². The van der Waals surface area contributed by atoms with Gasteiger partial charge in [-0.15, -0.1) is 0 Å². The van der Waals surface area contributed by atoms with Crippen LogP contribution in [0.25, 0.3) is 22.2 Å². The van der Waals surface area contributed by atoms with E-state index >= 15 is 0 Å². The van der Waals surface area contributed by atoms with Crippen LogP contribution < -0.4 is 0 Å². The molecule has 0 aliphatic heterocycles. The first-order valence-electron chi connectivity index (χ1n) is 5.54. The summed E-state index contributed by atoms with van der Waals surface area (Å²) in [5.74, 6) is -1.61. The molecule has 2 aromatic heterocycles. The summed E-state index contributed by atoms with van der Waals surface area (Å²) in [6.07, 6.45) is 0. The zero-order valence-electron chi connectivity index (χ0n) is 9.90. The Kier molecular flexibility index (Phi) is 2.38. The monoisotopic (exact) mass is 260 g/mol. The van der Waals surface area contributed by atoms with E-state index in [0.717, 1.165) is 16.6 Å². The van der Waals surface area contributed by atoms with Crippen molar-refractivity contribution in [3.63, 3.8) is 0 Å². The molecule has 1 aromatic carbocycles. The standard InChI is InChI=1S/C13H9FN2O3/c1-6-2-7-3-9(14)8(4-10(7)15-6)12-5-11(13(17)18)16-19-12/h2-5,15H,1H3,(H,17,18). The van der Waals surface area contributed by atoms with Crippen molar-refractivity contribution in [2.45, 2.75) is 6.92 Å². The number of halogens is 1. The Hall–Kier alpha value is -2.63. The van der Waals surface area contributed by atoms with Gasteiger partial charge >= 0.3 is 5.97 Å². The van der Waals surface area contributed by atoms with Gasteiger partial charge in [-0.25, -0.2) is 9.18 Å². The van der Waals surface area contributed by atoms with E-state index in [0.29, 0.717) is 0 Å². The molecule has 19 heavy (non-hydrogen) atoms. The summed E-state index contributed by atoms with van der Waals surface area (Å²) < 4.78 is 18.8. The fourth-order valence-corrected chi connectivity index (χ4v) is 1.99. The fraction of sp³-hybridized carbons (Fsp3) is 0.0769. The van der Waals surface area contributed by atoms with Crippen molar-refractivity contribution < 1.29 is 18.8 Å². The number of nitrogens with one attached hydrogen (secondary N) is 1. The lowest BCUT2D eigenvalue weighted by Crippen LogP contribution is -1.94. The Morgan fingerprint density at radius 3 is 2.84 bits per heavy atom. The molecule has 0 saturated carbocycles. The molecular formula is C13H9FN2O3. The number of carboxylic acids is 1. The Morgan fingerprint density at radius 2 is 2.16 bits per heavy atom. The topological polar surface area (TPSA) is 79.1 Å². The molecule has 0 aliphatic rings. The van der Waals surface area contributed by atoms with Crippen LogP contribution in [0.15, 0.2) is 28.8 Å². The van der Waals surface area contributed by atoms with Crippen LogP contribution in [0.4, 0.5) is 4.39 Å². The van der Waals surface area contributed by atoms with Crippen LogP contribution in [0.2, 0.25) is 0 Å². The predicted molar refractivity (Wildman–Crippen MR) is 65.5 cm³/mol. The number of carboxylic acid groups (broad SMARTS) is 1. The molecular weight excluding hydrogens is 251 g/mol. The van der Waals surface area contributed by atoms with Gasteiger partial charge in [-0.05, 0) is 25.1 Å². The van der Waals surface area contributed by atoms with Crippen LogP contribution in [-0.4, -0.2) is 21.2 Å². The highest BCUT2D eigenvalue weighted by Crippen LogP contribution is 2.28. The molecule has 5 nitrogen and oxygen atoms in total. The minimum Gasteiger partial charge on any atom is -0.476 e. The summed E-state index contributed by atoms with van der Waals surface area (Å²) in [6.45, 7) is 1.87. The maximum absolute atomic E-state index is 14.0. The first-order valence-corrected chi connectivity index (χ1v) is 5.54. The highest BCUT2D eigenvalue weighted by molar-refractivity contribution is 5.88. The first kappa shape index (κ1) is 11.5. The van der Waals surface area contributed by atoms with Crippen molar-refractivity contribution in [2.75, 3.05) is 0 Å². The quantitative estimate of drug-likeness (QED) is 0.742. The Morgan fingerprint density at radius 1 is 1.37 bits per heavy atom. The number of rotatable bonds is 2. The van der Waals surface area contributed by atoms with Crippen LogP contribution in [-0.2, 0) is 0 Å². The van der Waals surface area contributed by atoms with Gasteiger partial charge < -0.3 is 14.6 Å². The second-order valence-corrected chi connectivity index (χ2v) is 4.25. The van der Waals surface area contributed by atoms with Crippen LogP contribution in [0.3, 0.4) is 0 Å². The predicted octanol–water partition coefficient (Wildman–Crippen LogP) is 2.97. The van der Waals surface area contributed by atoms with Crippen LogP contribution in [0.1, 0.15) is 16.2 Å². The van der Waals surface area contributed by atoms with Crippen molar-refractivity contribution >= 4 is 16.9 Å². The number of aromatic nitrogens is 2. The van der Waals surface area contributed by atoms with E-state index < -0.39 is 11.8 Å². The van der Waals surface area contributed by atoms with E-state index in [2.05, 4.69) is 10.1 Å². The molecule has 0 saturated heterocycles. The number of hydrogen-bond acceptors (Lipinski definition) is 3. The molecule has 3 rings (SSSR count). The summed E-state index contributed by atoms with van der Waals surface area (Å²) in [5.41, 5.74) is 1.59. The first-order chi connectivity index (χ1) is 9.04. The van der Waals surface area contributed by atoms with Gasteiger partial charge in [-0.2, -0.15) is 0 Å². The van der Waals surface area contributed by atoms with Crippen molar-refractivity contribution in [2.24, 2.45) is 0 Å². The summed E-state index contributed by atoms with van der Waals surface area (Å²) in [6, 6.07) is 5.97. The Balaban J connectivity index is 2.17. The zero-order valence-corrected chi connectivity index (χ0v) is 9.90. The minimum absolute atomic E-state index is 0.0871. The molecule has 0 atom stereocenters. The average molecular weight is 260 g/mol. The molecule has 2 heterocycles. The lowest BCUT2D eigenvalue weighted by molar-refractivity contribution is 0.0686. The summed E-state index contributed by atoms with van der Waals surface area (Å²) in [5, 5.41) is 12.9. The second-order valence-electron chi connectivity index (χ2n) is 4.25. The molecule has 96 valence electrons. The number of aromatic amines is 1. The fourth-order valence-electron chi connectivity index (χ4n) is 1.99. The number of carbonyl (C=O) groups is 1. The van der Waals surface area contributed by atoms with Crippen LogP contribution >= 0.6 is 0 Å². The molecule has 0 amide bonds.